The highest BCUT2D eigenvalue weighted by molar-refractivity contribution is 7.07. The fourth-order valence-electron chi connectivity index (χ4n) is 3.43. The second kappa shape index (κ2) is 7.64. The van der Waals surface area contributed by atoms with E-state index in [2.05, 4.69) is 16.8 Å². The summed E-state index contributed by atoms with van der Waals surface area (Å²) < 4.78 is 11.0. The van der Waals surface area contributed by atoms with Crippen LogP contribution in [-0.2, 0) is 17.6 Å². The van der Waals surface area contributed by atoms with Gasteiger partial charge in [-0.25, -0.2) is 4.79 Å². The molecule has 0 aliphatic heterocycles. The zero-order valence-electron chi connectivity index (χ0n) is 15.8. The van der Waals surface area contributed by atoms with Crippen molar-refractivity contribution in [2.45, 2.75) is 33.1 Å². The van der Waals surface area contributed by atoms with Crippen molar-refractivity contribution >= 4 is 39.2 Å². The molecule has 3 heterocycles. The zero-order chi connectivity index (χ0) is 19.7. The van der Waals surface area contributed by atoms with Crippen molar-refractivity contribution in [1.29, 1.82) is 0 Å². The Morgan fingerprint density at radius 3 is 2.79 bits per heavy atom. The van der Waals surface area contributed by atoms with Crippen LogP contribution in [0.1, 0.15) is 28.7 Å². The number of benzene rings is 1. The number of carbonyl (C=O) groups is 1. The van der Waals surface area contributed by atoms with Gasteiger partial charge in [-0.05, 0) is 66.3 Å². The second-order valence-electron chi connectivity index (χ2n) is 6.99. The lowest BCUT2D eigenvalue weighted by Gasteiger charge is -2.08. The molecule has 1 amide bonds. The molecular weight excluding hydrogens is 374 g/mol. The molecule has 4 aromatic rings. The second-order valence-corrected chi connectivity index (χ2v) is 7.77. The van der Waals surface area contributed by atoms with Crippen LogP contribution < -0.4 is 10.9 Å². The third-order valence-corrected chi connectivity index (χ3v) is 5.83. The van der Waals surface area contributed by atoms with E-state index < -0.39 is 5.63 Å². The molecule has 0 aliphatic rings. The van der Waals surface area contributed by atoms with E-state index in [1.807, 2.05) is 25.3 Å². The summed E-state index contributed by atoms with van der Waals surface area (Å²) in [6, 6.07) is 5.80. The van der Waals surface area contributed by atoms with Crippen LogP contribution in [0.2, 0.25) is 0 Å². The first-order valence-electron chi connectivity index (χ1n) is 9.25. The monoisotopic (exact) mass is 395 g/mol. The molecule has 0 spiro atoms. The maximum absolute atomic E-state index is 12.4. The van der Waals surface area contributed by atoms with Gasteiger partial charge in [-0.1, -0.05) is 0 Å². The molecule has 1 aromatic carbocycles. The van der Waals surface area contributed by atoms with E-state index in [-0.39, 0.29) is 12.3 Å². The van der Waals surface area contributed by atoms with Gasteiger partial charge in [0.1, 0.15) is 11.2 Å². The molecule has 0 atom stereocenters. The number of hydrogen-bond acceptors (Lipinski definition) is 5. The molecule has 0 unspecified atom stereocenters. The van der Waals surface area contributed by atoms with Crippen molar-refractivity contribution in [2.24, 2.45) is 0 Å². The number of hydrogen-bond donors (Lipinski definition) is 1. The number of rotatable bonds is 6. The molecule has 6 heteroatoms. The van der Waals surface area contributed by atoms with Gasteiger partial charge in [0.25, 0.3) is 0 Å². The molecule has 4 rings (SSSR count). The SMILES string of the molecule is Cc1coc2cc3oc(=O)c(CCC(=O)NCCc4ccsc4)c(C)c3cc12. The Balaban J connectivity index is 1.49. The molecule has 0 bridgehead atoms. The Labute approximate surface area is 166 Å². The van der Waals surface area contributed by atoms with Crippen LogP contribution in [0.5, 0.6) is 0 Å². The summed E-state index contributed by atoms with van der Waals surface area (Å²) in [5.41, 5.74) is 4.49. The summed E-state index contributed by atoms with van der Waals surface area (Å²) in [5.74, 6) is -0.0599. The lowest BCUT2D eigenvalue weighted by Crippen LogP contribution is -2.26. The first kappa shape index (κ1) is 18.5. The van der Waals surface area contributed by atoms with E-state index in [0.29, 0.717) is 29.7 Å². The molecule has 5 nitrogen and oxygen atoms in total. The lowest BCUT2D eigenvalue weighted by molar-refractivity contribution is -0.121. The Kier molecular flexibility index (Phi) is 5.05. The van der Waals surface area contributed by atoms with Crippen molar-refractivity contribution in [2.75, 3.05) is 6.54 Å². The van der Waals surface area contributed by atoms with Crippen molar-refractivity contribution in [3.63, 3.8) is 0 Å². The summed E-state index contributed by atoms with van der Waals surface area (Å²) in [4.78, 5) is 24.6. The van der Waals surface area contributed by atoms with Crippen molar-refractivity contribution in [1.82, 2.24) is 5.32 Å². The third kappa shape index (κ3) is 3.60. The quantitative estimate of drug-likeness (QED) is 0.488. The number of amides is 1. The van der Waals surface area contributed by atoms with Gasteiger partial charge in [0, 0.05) is 35.4 Å². The van der Waals surface area contributed by atoms with Crippen LogP contribution in [0.4, 0.5) is 0 Å². The van der Waals surface area contributed by atoms with E-state index in [9.17, 15) is 9.59 Å². The van der Waals surface area contributed by atoms with Gasteiger partial charge < -0.3 is 14.2 Å². The van der Waals surface area contributed by atoms with Gasteiger partial charge in [0.05, 0.1) is 6.26 Å². The first-order chi connectivity index (χ1) is 13.5. The Morgan fingerprint density at radius 1 is 1.14 bits per heavy atom. The van der Waals surface area contributed by atoms with E-state index in [1.165, 1.54) is 5.56 Å². The zero-order valence-corrected chi connectivity index (χ0v) is 16.7. The van der Waals surface area contributed by atoms with Gasteiger partial charge in [-0.15, -0.1) is 0 Å². The molecular formula is C22H21NO4S. The van der Waals surface area contributed by atoms with E-state index in [0.717, 1.165) is 28.3 Å². The van der Waals surface area contributed by atoms with Crippen LogP contribution >= 0.6 is 11.3 Å². The largest absolute Gasteiger partial charge is 0.464 e. The van der Waals surface area contributed by atoms with E-state index in [1.54, 1.807) is 23.7 Å². The van der Waals surface area contributed by atoms with E-state index in [4.69, 9.17) is 8.83 Å². The Morgan fingerprint density at radius 2 is 2.00 bits per heavy atom. The van der Waals surface area contributed by atoms with Crippen molar-refractivity contribution in [3.8, 4) is 0 Å². The smallest absolute Gasteiger partial charge is 0.339 e. The number of furan rings is 1. The molecule has 0 saturated heterocycles. The number of thiophene rings is 1. The van der Waals surface area contributed by atoms with Crippen molar-refractivity contribution < 1.29 is 13.6 Å². The predicted molar refractivity (Wildman–Crippen MR) is 111 cm³/mol. The van der Waals surface area contributed by atoms with Crippen LogP contribution in [-0.4, -0.2) is 12.5 Å². The molecule has 0 aliphatic carbocycles. The molecule has 0 saturated carbocycles. The standard InChI is InChI=1S/C22H21NO4S/c1-13-11-26-19-10-20-18(9-17(13)19)14(2)16(22(25)27-20)3-4-21(24)23-7-5-15-6-8-28-12-15/h6,8-12H,3-5,7H2,1-2H3,(H,23,24). The van der Waals surface area contributed by atoms with Gasteiger partial charge >= 0.3 is 5.63 Å². The van der Waals surface area contributed by atoms with Crippen LogP contribution in [0.25, 0.3) is 21.9 Å². The summed E-state index contributed by atoms with van der Waals surface area (Å²) in [6.07, 6.45) is 3.12. The maximum atomic E-state index is 12.4. The normalized spacial score (nSPS) is 11.4. The highest BCUT2D eigenvalue weighted by Gasteiger charge is 2.15. The maximum Gasteiger partial charge on any atom is 0.339 e. The first-order valence-corrected chi connectivity index (χ1v) is 10.2. The number of aryl methyl sites for hydroxylation is 2. The number of fused-ring (bicyclic) bond motifs is 2. The highest BCUT2D eigenvalue weighted by atomic mass is 32.1. The minimum Gasteiger partial charge on any atom is -0.464 e. The molecule has 1 N–H and O–H groups in total. The number of carbonyl (C=O) groups excluding carboxylic acids is 1. The van der Waals surface area contributed by atoms with E-state index >= 15 is 0 Å². The fourth-order valence-corrected chi connectivity index (χ4v) is 4.14. The van der Waals surface area contributed by atoms with Crippen molar-refractivity contribution in [3.05, 3.63) is 67.9 Å². The number of nitrogens with one attached hydrogen (secondary N) is 1. The molecule has 144 valence electrons. The topological polar surface area (TPSA) is 72.5 Å². The molecule has 3 aromatic heterocycles. The average molecular weight is 395 g/mol. The molecule has 0 radical (unpaired) electrons. The minimum absolute atomic E-state index is 0.0599. The predicted octanol–water partition coefficient (Wildman–Crippen LogP) is 4.51. The van der Waals surface area contributed by atoms with Crippen LogP contribution in [0, 0.1) is 13.8 Å². The van der Waals surface area contributed by atoms with Gasteiger partial charge in [0.15, 0.2) is 0 Å². The molecule has 28 heavy (non-hydrogen) atoms. The Bertz CT molecular complexity index is 1200. The fraction of sp³-hybridized carbons (Fsp3) is 0.273. The lowest BCUT2D eigenvalue weighted by atomic mass is 10.0. The Hall–Kier alpha value is -2.86. The van der Waals surface area contributed by atoms with Gasteiger partial charge in [0.2, 0.25) is 5.91 Å². The third-order valence-electron chi connectivity index (χ3n) is 5.09. The summed E-state index contributed by atoms with van der Waals surface area (Å²) in [5, 5.41) is 8.90. The molecule has 0 fully saturated rings. The highest BCUT2D eigenvalue weighted by Crippen LogP contribution is 2.29. The summed E-state index contributed by atoms with van der Waals surface area (Å²) >= 11 is 1.65. The van der Waals surface area contributed by atoms with Gasteiger partial charge in [-0.2, -0.15) is 11.3 Å². The van der Waals surface area contributed by atoms with Crippen LogP contribution in [0.15, 0.2) is 48.9 Å². The summed E-state index contributed by atoms with van der Waals surface area (Å²) in [6.45, 7) is 4.48. The van der Waals surface area contributed by atoms with Crippen LogP contribution in [0.3, 0.4) is 0 Å². The van der Waals surface area contributed by atoms with Gasteiger partial charge in [-0.3, -0.25) is 4.79 Å². The minimum atomic E-state index is -0.390. The summed E-state index contributed by atoms with van der Waals surface area (Å²) in [7, 11) is 0. The average Bonchev–Trinajstić information content (AvgIpc) is 3.30.